The standard InChI is InChI=1S/C12H26N2O2/c1-6-11(7-2)16-12(15)14(5)10-8-9-13(3)4/h11H,6-10H2,1-5H3. The predicted molar refractivity (Wildman–Crippen MR) is 66.7 cm³/mol. The van der Waals surface area contributed by atoms with Crippen molar-refractivity contribution in [2.75, 3.05) is 34.2 Å². The van der Waals surface area contributed by atoms with Crippen molar-refractivity contribution < 1.29 is 9.53 Å². The molecule has 1 amide bonds. The van der Waals surface area contributed by atoms with Gasteiger partial charge >= 0.3 is 6.09 Å². The second-order valence-electron chi connectivity index (χ2n) is 4.40. The summed E-state index contributed by atoms with van der Waals surface area (Å²) in [5.74, 6) is 0. The van der Waals surface area contributed by atoms with Crippen LogP contribution >= 0.6 is 0 Å². The van der Waals surface area contributed by atoms with Gasteiger partial charge in [-0.05, 0) is 39.9 Å². The molecule has 0 atom stereocenters. The van der Waals surface area contributed by atoms with Gasteiger partial charge in [0, 0.05) is 13.6 Å². The maximum Gasteiger partial charge on any atom is 0.409 e. The van der Waals surface area contributed by atoms with Crippen molar-refractivity contribution in [1.82, 2.24) is 9.80 Å². The Morgan fingerprint density at radius 3 is 2.12 bits per heavy atom. The summed E-state index contributed by atoms with van der Waals surface area (Å²) in [5.41, 5.74) is 0. The van der Waals surface area contributed by atoms with E-state index in [0.717, 1.165) is 32.4 Å². The topological polar surface area (TPSA) is 32.8 Å². The van der Waals surface area contributed by atoms with E-state index in [4.69, 9.17) is 4.74 Å². The fourth-order valence-electron chi connectivity index (χ4n) is 1.40. The van der Waals surface area contributed by atoms with Crippen LogP contribution in [0.4, 0.5) is 4.79 Å². The van der Waals surface area contributed by atoms with Crippen LogP contribution in [0.2, 0.25) is 0 Å². The van der Waals surface area contributed by atoms with Gasteiger partial charge in [-0.2, -0.15) is 0 Å². The molecule has 0 aliphatic carbocycles. The first-order chi connectivity index (χ1) is 7.51. The van der Waals surface area contributed by atoms with E-state index >= 15 is 0 Å². The quantitative estimate of drug-likeness (QED) is 0.672. The van der Waals surface area contributed by atoms with Crippen LogP contribution in [-0.2, 0) is 4.74 Å². The zero-order chi connectivity index (χ0) is 12.6. The number of hydrogen-bond acceptors (Lipinski definition) is 3. The van der Waals surface area contributed by atoms with E-state index in [0.29, 0.717) is 0 Å². The van der Waals surface area contributed by atoms with Gasteiger partial charge in [0.2, 0.25) is 0 Å². The number of carbonyl (C=O) groups is 1. The molecule has 0 aromatic rings. The van der Waals surface area contributed by atoms with Gasteiger partial charge in [0.1, 0.15) is 6.10 Å². The monoisotopic (exact) mass is 230 g/mol. The lowest BCUT2D eigenvalue weighted by atomic mass is 10.2. The Balaban J connectivity index is 3.80. The fraction of sp³-hybridized carbons (Fsp3) is 0.917. The Morgan fingerprint density at radius 1 is 1.12 bits per heavy atom. The third-order valence-electron chi connectivity index (χ3n) is 2.59. The minimum absolute atomic E-state index is 0.0591. The molecular formula is C12H26N2O2. The van der Waals surface area contributed by atoms with E-state index < -0.39 is 0 Å². The van der Waals surface area contributed by atoms with Crippen LogP contribution in [0.5, 0.6) is 0 Å². The average Bonchev–Trinajstić information content (AvgIpc) is 2.24. The largest absolute Gasteiger partial charge is 0.446 e. The van der Waals surface area contributed by atoms with Gasteiger partial charge < -0.3 is 14.5 Å². The molecule has 4 heteroatoms. The summed E-state index contributed by atoms with van der Waals surface area (Å²) in [6.07, 6.45) is 2.60. The Hall–Kier alpha value is -0.770. The van der Waals surface area contributed by atoms with E-state index in [1.807, 2.05) is 27.9 Å². The molecule has 96 valence electrons. The summed E-state index contributed by atoms with van der Waals surface area (Å²) in [4.78, 5) is 15.4. The second-order valence-corrected chi connectivity index (χ2v) is 4.40. The summed E-state index contributed by atoms with van der Waals surface area (Å²) < 4.78 is 5.34. The third kappa shape index (κ3) is 6.67. The van der Waals surface area contributed by atoms with E-state index in [-0.39, 0.29) is 12.2 Å². The van der Waals surface area contributed by atoms with Gasteiger partial charge in [0.25, 0.3) is 0 Å². The molecule has 0 saturated carbocycles. The van der Waals surface area contributed by atoms with Gasteiger partial charge in [-0.3, -0.25) is 0 Å². The molecule has 0 aromatic heterocycles. The second kappa shape index (κ2) is 8.39. The smallest absolute Gasteiger partial charge is 0.409 e. The maximum absolute atomic E-state index is 11.6. The molecule has 0 radical (unpaired) electrons. The number of amides is 1. The van der Waals surface area contributed by atoms with E-state index in [2.05, 4.69) is 4.90 Å². The molecule has 0 spiro atoms. The van der Waals surface area contributed by atoms with Gasteiger partial charge in [-0.1, -0.05) is 13.8 Å². The molecule has 0 aliphatic heterocycles. The number of carbonyl (C=O) groups excluding carboxylic acids is 1. The molecule has 0 N–H and O–H groups in total. The highest BCUT2D eigenvalue weighted by molar-refractivity contribution is 5.67. The van der Waals surface area contributed by atoms with Crippen LogP contribution in [0.15, 0.2) is 0 Å². The SMILES string of the molecule is CCC(CC)OC(=O)N(C)CCCN(C)C. The molecule has 4 nitrogen and oxygen atoms in total. The third-order valence-corrected chi connectivity index (χ3v) is 2.59. The van der Waals surface area contributed by atoms with E-state index in [1.165, 1.54) is 0 Å². The van der Waals surface area contributed by atoms with Crippen LogP contribution in [0.3, 0.4) is 0 Å². The first-order valence-corrected chi connectivity index (χ1v) is 6.07. The van der Waals surface area contributed by atoms with Gasteiger partial charge in [-0.15, -0.1) is 0 Å². The van der Waals surface area contributed by atoms with Crippen molar-refractivity contribution in [3.8, 4) is 0 Å². The lowest BCUT2D eigenvalue weighted by molar-refractivity contribution is 0.0647. The molecule has 0 fully saturated rings. The highest BCUT2D eigenvalue weighted by atomic mass is 16.6. The molecule has 0 unspecified atom stereocenters. The van der Waals surface area contributed by atoms with Crippen molar-refractivity contribution >= 4 is 6.09 Å². The lowest BCUT2D eigenvalue weighted by Crippen LogP contribution is -2.32. The van der Waals surface area contributed by atoms with Gasteiger partial charge in [0.05, 0.1) is 0 Å². The molecule has 0 saturated heterocycles. The summed E-state index contributed by atoms with van der Waals surface area (Å²) in [7, 11) is 5.85. The Morgan fingerprint density at radius 2 is 1.69 bits per heavy atom. The summed E-state index contributed by atoms with van der Waals surface area (Å²) in [6, 6.07) is 0. The van der Waals surface area contributed by atoms with Gasteiger partial charge in [-0.25, -0.2) is 4.79 Å². The minimum atomic E-state index is -0.201. The van der Waals surface area contributed by atoms with E-state index in [9.17, 15) is 4.79 Å². The zero-order valence-electron chi connectivity index (χ0n) is 11.3. The molecule has 0 aromatic carbocycles. The van der Waals surface area contributed by atoms with Crippen LogP contribution in [0.25, 0.3) is 0 Å². The van der Waals surface area contributed by atoms with Crippen molar-refractivity contribution in [3.05, 3.63) is 0 Å². The van der Waals surface area contributed by atoms with E-state index in [1.54, 1.807) is 11.9 Å². The number of rotatable bonds is 7. The number of nitrogens with zero attached hydrogens (tertiary/aromatic N) is 2. The van der Waals surface area contributed by atoms with Crippen molar-refractivity contribution in [3.63, 3.8) is 0 Å². The zero-order valence-corrected chi connectivity index (χ0v) is 11.3. The average molecular weight is 230 g/mol. The molecule has 16 heavy (non-hydrogen) atoms. The number of hydrogen-bond donors (Lipinski definition) is 0. The fourth-order valence-corrected chi connectivity index (χ4v) is 1.40. The Labute approximate surface area is 99.5 Å². The van der Waals surface area contributed by atoms with Crippen LogP contribution in [0, 0.1) is 0 Å². The van der Waals surface area contributed by atoms with Crippen LogP contribution in [0.1, 0.15) is 33.1 Å². The van der Waals surface area contributed by atoms with Gasteiger partial charge in [0.15, 0.2) is 0 Å². The molecule has 0 aliphatic rings. The highest BCUT2D eigenvalue weighted by Gasteiger charge is 2.14. The summed E-state index contributed by atoms with van der Waals surface area (Å²) in [6.45, 7) is 5.81. The minimum Gasteiger partial charge on any atom is -0.446 e. The summed E-state index contributed by atoms with van der Waals surface area (Å²) >= 11 is 0. The molecule has 0 rings (SSSR count). The molecule has 0 bridgehead atoms. The van der Waals surface area contributed by atoms with Crippen LogP contribution < -0.4 is 0 Å². The maximum atomic E-state index is 11.6. The Bertz CT molecular complexity index is 191. The first kappa shape index (κ1) is 15.2. The molecular weight excluding hydrogens is 204 g/mol. The van der Waals surface area contributed by atoms with Crippen LogP contribution in [-0.4, -0.2) is 56.2 Å². The van der Waals surface area contributed by atoms with Crippen molar-refractivity contribution in [2.45, 2.75) is 39.2 Å². The van der Waals surface area contributed by atoms with Crippen molar-refractivity contribution in [1.29, 1.82) is 0 Å². The Kier molecular flexibility index (Phi) is 7.99. The normalized spacial score (nSPS) is 10.9. The molecule has 0 heterocycles. The number of ether oxygens (including phenoxy) is 1. The lowest BCUT2D eigenvalue weighted by Gasteiger charge is -2.21. The first-order valence-electron chi connectivity index (χ1n) is 6.07. The summed E-state index contributed by atoms with van der Waals surface area (Å²) in [5, 5.41) is 0. The van der Waals surface area contributed by atoms with Crippen molar-refractivity contribution in [2.24, 2.45) is 0 Å². The predicted octanol–water partition coefficient (Wildman–Crippen LogP) is 2.20. The highest BCUT2D eigenvalue weighted by Crippen LogP contribution is 2.05.